The molecule has 0 aliphatic rings. The van der Waals surface area contributed by atoms with Gasteiger partial charge in [-0.05, 0) is 36.9 Å². The lowest BCUT2D eigenvalue weighted by Gasteiger charge is -1.86. The van der Waals surface area contributed by atoms with Crippen LogP contribution in [0.1, 0.15) is 10.4 Å². The van der Waals surface area contributed by atoms with Gasteiger partial charge in [-0.3, -0.25) is 0 Å². The third-order valence-electron chi connectivity index (χ3n) is 1.93. The second-order valence-corrected chi connectivity index (χ2v) is 5.03. The van der Waals surface area contributed by atoms with Gasteiger partial charge in [0, 0.05) is 14.6 Å². The van der Waals surface area contributed by atoms with Crippen molar-refractivity contribution in [2.24, 2.45) is 0 Å². The lowest BCUT2D eigenvalue weighted by molar-refractivity contribution is 1.44. The van der Waals surface area contributed by atoms with Crippen LogP contribution in [-0.2, 0) is 0 Å². The van der Waals surface area contributed by atoms with E-state index in [4.69, 9.17) is 0 Å². The molecule has 0 aliphatic carbocycles. The van der Waals surface area contributed by atoms with Gasteiger partial charge in [-0.25, -0.2) is 0 Å². The Morgan fingerprint density at radius 3 is 2.50 bits per heavy atom. The zero-order valence-corrected chi connectivity index (χ0v) is 8.76. The lowest BCUT2D eigenvalue weighted by atomic mass is 10.3. The molecule has 0 unspecified atom stereocenters. The number of thiophene rings is 2. The molecule has 12 heavy (non-hydrogen) atoms. The maximum Gasteiger partial charge on any atom is 0.0448 e. The second kappa shape index (κ2) is 3.04. The molecule has 0 atom stereocenters. The van der Waals surface area contributed by atoms with Crippen LogP contribution in [0.15, 0.2) is 23.6 Å². The molecule has 0 N–H and O–H groups in total. The third-order valence-corrected chi connectivity index (χ3v) is 4.15. The Morgan fingerprint density at radius 2 is 2.00 bits per heavy atom. The highest BCUT2D eigenvalue weighted by molar-refractivity contribution is 7.21. The van der Waals surface area contributed by atoms with Crippen molar-refractivity contribution in [1.29, 1.82) is 0 Å². The fraction of sp³-hybridized carbons (Fsp3) is 0.200. The van der Waals surface area contributed by atoms with Crippen LogP contribution in [0, 0.1) is 13.8 Å². The summed E-state index contributed by atoms with van der Waals surface area (Å²) in [7, 11) is 0. The second-order valence-electron chi connectivity index (χ2n) is 2.83. The van der Waals surface area contributed by atoms with Crippen LogP contribution in [0.5, 0.6) is 0 Å². The van der Waals surface area contributed by atoms with E-state index in [-0.39, 0.29) is 0 Å². The molecule has 2 heteroatoms. The molecule has 2 heterocycles. The summed E-state index contributed by atoms with van der Waals surface area (Å²) < 4.78 is 0. The maximum absolute atomic E-state index is 2.27. The molecular weight excluding hydrogens is 184 g/mol. The van der Waals surface area contributed by atoms with Gasteiger partial charge < -0.3 is 0 Å². The molecule has 0 radical (unpaired) electrons. The standard InChI is InChI=1S/C10H10S2/c1-7-6-10(12-8(7)2)9-4-3-5-11-9/h3-6H,1-2H3. The molecule has 0 saturated heterocycles. The van der Waals surface area contributed by atoms with Gasteiger partial charge in [0.15, 0.2) is 0 Å². The first-order valence-corrected chi connectivity index (χ1v) is 5.58. The molecule has 2 aromatic rings. The molecular formula is C10H10S2. The summed E-state index contributed by atoms with van der Waals surface area (Å²) in [5.41, 5.74) is 1.41. The summed E-state index contributed by atoms with van der Waals surface area (Å²) in [6, 6.07) is 6.55. The Bertz CT molecular complexity index is 349. The van der Waals surface area contributed by atoms with Gasteiger partial charge in [-0.2, -0.15) is 0 Å². The van der Waals surface area contributed by atoms with Crippen molar-refractivity contribution in [3.63, 3.8) is 0 Å². The van der Waals surface area contributed by atoms with Crippen LogP contribution in [0.25, 0.3) is 9.75 Å². The average molecular weight is 194 g/mol. The van der Waals surface area contributed by atoms with Crippen LogP contribution in [0.2, 0.25) is 0 Å². The van der Waals surface area contributed by atoms with Crippen molar-refractivity contribution < 1.29 is 0 Å². The quantitative estimate of drug-likeness (QED) is 0.641. The van der Waals surface area contributed by atoms with Crippen LogP contribution >= 0.6 is 22.7 Å². The van der Waals surface area contributed by atoms with Crippen LogP contribution in [-0.4, -0.2) is 0 Å². The minimum absolute atomic E-state index is 1.39. The Morgan fingerprint density at radius 1 is 1.17 bits per heavy atom. The minimum atomic E-state index is 1.39. The summed E-state index contributed by atoms with van der Waals surface area (Å²) in [5.74, 6) is 0. The number of hydrogen-bond acceptors (Lipinski definition) is 2. The fourth-order valence-corrected chi connectivity index (χ4v) is 2.97. The van der Waals surface area contributed by atoms with E-state index in [1.807, 2.05) is 22.7 Å². The van der Waals surface area contributed by atoms with Crippen molar-refractivity contribution in [2.45, 2.75) is 13.8 Å². The van der Waals surface area contributed by atoms with Crippen molar-refractivity contribution in [3.8, 4) is 9.75 Å². The van der Waals surface area contributed by atoms with Gasteiger partial charge in [0.25, 0.3) is 0 Å². The highest BCUT2D eigenvalue weighted by Gasteiger charge is 2.03. The van der Waals surface area contributed by atoms with Crippen LogP contribution in [0.4, 0.5) is 0 Å². The molecule has 2 aromatic heterocycles. The largest absolute Gasteiger partial charge is 0.143 e. The molecule has 62 valence electrons. The van der Waals surface area contributed by atoms with Crippen molar-refractivity contribution >= 4 is 22.7 Å². The highest BCUT2D eigenvalue weighted by Crippen LogP contribution is 2.33. The highest BCUT2D eigenvalue weighted by atomic mass is 32.1. The summed E-state index contributed by atoms with van der Waals surface area (Å²) in [6.45, 7) is 4.35. The van der Waals surface area contributed by atoms with Gasteiger partial charge >= 0.3 is 0 Å². The molecule has 0 amide bonds. The van der Waals surface area contributed by atoms with E-state index in [0.29, 0.717) is 0 Å². The Hall–Kier alpha value is -0.600. The fourth-order valence-electron chi connectivity index (χ4n) is 1.11. The molecule has 0 saturated carbocycles. The van der Waals surface area contributed by atoms with Crippen molar-refractivity contribution in [3.05, 3.63) is 34.0 Å². The number of hydrogen-bond donors (Lipinski definition) is 0. The van der Waals surface area contributed by atoms with E-state index < -0.39 is 0 Å². The molecule has 0 nitrogen and oxygen atoms in total. The third kappa shape index (κ3) is 1.32. The molecule has 0 aliphatic heterocycles. The van der Waals surface area contributed by atoms with Gasteiger partial charge in [-0.15, -0.1) is 22.7 Å². The number of rotatable bonds is 1. The predicted molar refractivity (Wildman–Crippen MR) is 57.1 cm³/mol. The first-order valence-electron chi connectivity index (χ1n) is 3.88. The normalized spacial score (nSPS) is 10.5. The minimum Gasteiger partial charge on any atom is -0.143 e. The summed E-state index contributed by atoms with van der Waals surface area (Å²) in [4.78, 5) is 4.22. The molecule has 0 spiro atoms. The van der Waals surface area contributed by atoms with E-state index in [0.717, 1.165) is 0 Å². The topological polar surface area (TPSA) is 0 Å². The van der Waals surface area contributed by atoms with Crippen LogP contribution in [0.3, 0.4) is 0 Å². The smallest absolute Gasteiger partial charge is 0.0448 e. The Balaban J connectivity index is 2.48. The van der Waals surface area contributed by atoms with E-state index in [9.17, 15) is 0 Å². The van der Waals surface area contributed by atoms with Crippen LogP contribution < -0.4 is 0 Å². The van der Waals surface area contributed by atoms with E-state index in [1.54, 1.807) is 0 Å². The van der Waals surface area contributed by atoms with Crippen molar-refractivity contribution in [1.82, 2.24) is 0 Å². The first kappa shape index (κ1) is 8.02. The van der Waals surface area contributed by atoms with Gasteiger partial charge in [0.05, 0.1) is 0 Å². The Labute approximate surface area is 80.5 Å². The zero-order valence-electron chi connectivity index (χ0n) is 7.13. The first-order chi connectivity index (χ1) is 5.77. The monoisotopic (exact) mass is 194 g/mol. The van der Waals surface area contributed by atoms with Crippen molar-refractivity contribution in [2.75, 3.05) is 0 Å². The molecule has 0 bridgehead atoms. The predicted octanol–water partition coefficient (Wildman–Crippen LogP) is 4.09. The molecule has 0 aromatic carbocycles. The molecule has 2 rings (SSSR count). The van der Waals surface area contributed by atoms with E-state index in [1.165, 1.54) is 20.2 Å². The lowest BCUT2D eigenvalue weighted by Crippen LogP contribution is -1.62. The summed E-state index contributed by atoms with van der Waals surface area (Å²) in [6.07, 6.45) is 0. The Kier molecular flexibility index (Phi) is 2.03. The van der Waals surface area contributed by atoms with Gasteiger partial charge in [0.1, 0.15) is 0 Å². The SMILES string of the molecule is Cc1cc(-c2cccs2)sc1C. The number of aryl methyl sites for hydroxylation is 2. The zero-order chi connectivity index (χ0) is 8.55. The summed E-state index contributed by atoms with van der Waals surface area (Å²) >= 11 is 3.69. The van der Waals surface area contributed by atoms with Gasteiger partial charge in [-0.1, -0.05) is 6.07 Å². The van der Waals surface area contributed by atoms with E-state index in [2.05, 4.69) is 37.4 Å². The van der Waals surface area contributed by atoms with Gasteiger partial charge in [0.2, 0.25) is 0 Å². The maximum atomic E-state index is 2.27. The van der Waals surface area contributed by atoms with E-state index >= 15 is 0 Å². The summed E-state index contributed by atoms with van der Waals surface area (Å²) in [5, 5.41) is 2.12. The average Bonchev–Trinajstić information content (AvgIpc) is 2.61. The molecule has 0 fully saturated rings.